The predicted molar refractivity (Wildman–Crippen MR) is 75.9 cm³/mol. The number of halogens is 2. The fourth-order valence-corrected chi connectivity index (χ4v) is 2.17. The van der Waals surface area contributed by atoms with Gasteiger partial charge in [-0.3, -0.25) is 4.79 Å². The van der Waals surface area contributed by atoms with Crippen LogP contribution in [0.1, 0.15) is 17.3 Å². The predicted octanol–water partition coefficient (Wildman–Crippen LogP) is 4.45. The minimum Gasteiger partial charge on any atom is -0.342 e. The van der Waals surface area contributed by atoms with Crippen LogP contribution in [0, 0.1) is 5.82 Å². The van der Waals surface area contributed by atoms with Crippen LogP contribution in [0.4, 0.5) is 15.8 Å². The lowest BCUT2D eigenvalue weighted by atomic mass is 10.1. The van der Waals surface area contributed by atoms with Gasteiger partial charge >= 0.3 is 0 Å². The number of carbonyl (C=O) groups excluding carboxylic acids is 1. The van der Waals surface area contributed by atoms with Crippen LogP contribution in [0.15, 0.2) is 42.5 Å². The summed E-state index contributed by atoms with van der Waals surface area (Å²) >= 11 is 6.05. The van der Waals surface area contributed by atoms with Gasteiger partial charge in [-0.25, -0.2) is 4.39 Å². The van der Waals surface area contributed by atoms with Crippen LogP contribution >= 0.6 is 11.6 Å². The summed E-state index contributed by atoms with van der Waals surface area (Å²) in [5.41, 5.74) is 1.64. The molecule has 0 aliphatic heterocycles. The molecule has 19 heavy (non-hydrogen) atoms. The van der Waals surface area contributed by atoms with Crippen LogP contribution in [-0.2, 0) is 0 Å². The minimum atomic E-state index is -0.309. The molecule has 98 valence electrons. The highest BCUT2D eigenvalue weighted by molar-refractivity contribution is 6.34. The second-order valence-corrected chi connectivity index (χ2v) is 4.64. The van der Waals surface area contributed by atoms with Crippen molar-refractivity contribution in [3.8, 4) is 0 Å². The first-order chi connectivity index (χ1) is 9.00. The molecule has 0 aliphatic rings. The highest BCUT2D eigenvalue weighted by Crippen LogP contribution is 2.29. The third kappa shape index (κ3) is 2.76. The molecule has 2 nitrogen and oxygen atoms in total. The summed E-state index contributed by atoms with van der Waals surface area (Å²) in [7, 11) is 1.75. The van der Waals surface area contributed by atoms with E-state index in [4.69, 9.17) is 11.6 Å². The zero-order valence-electron chi connectivity index (χ0n) is 10.7. The normalized spacial score (nSPS) is 10.3. The Labute approximate surface area is 116 Å². The number of benzene rings is 2. The molecule has 0 aliphatic carbocycles. The summed E-state index contributed by atoms with van der Waals surface area (Å²) in [6.07, 6.45) is 0. The van der Waals surface area contributed by atoms with Gasteiger partial charge in [-0.05, 0) is 37.3 Å². The van der Waals surface area contributed by atoms with Gasteiger partial charge in [0.2, 0.25) is 0 Å². The van der Waals surface area contributed by atoms with E-state index in [0.29, 0.717) is 16.3 Å². The van der Waals surface area contributed by atoms with E-state index in [0.717, 1.165) is 5.69 Å². The van der Waals surface area contributed by atoms with E-state index in [1.165, 1.54) is 13.0 Å². The molecule has 0 bridgehead atoms. The fourth-order valence-electron chi connectivity index (χ4n) is 1.86. The Morgan fingerprint density at radius 1 is 1.21 bits per heavy atom. The SMILES string of the molecule is CC(=O)c1ccc(N(C)c2ccccc2F)cc1Cl. The van der Waals surface area contributed by atoms with Gasteiger partial charge in [0.15, 0.2) is 5.78 Å². The van der Waals surface area contributed by atoms with Gasteiger partial charge in [-0.1, -0.05) is 23.7 Å². The summed E-state index contributed by atoms with van der Waals surface area (Å²) in [5.74, 6) is -0.401. The lowest BCUT2D eigenvalue weighted by Crippen LogP contribution is -2.11. The molecule has 0 spiro atoms. The van der Waals surface area contributed by atoms with Crippen molar-refractivity contribution >= 4 is 28.8 Å². The summed E-state index contributed by atoms with van der Waals surface area (Å²) in [5, 5.41) is 0.369. The Kier molecular flexibility index (Phi) is 3.86. The van der Waals surface area contributed by atoms with E-state index in [2.05, 4.69) is 0 Å². The van der Waals surface area contributed by atoms with Crippen LogP contribution in [0.3, 0.4) is 0 Å². The number of anilines is 2. The number of carbonyl (C=O) groups is 1. The summed E-state index contributed by atoms with van der Waals surface area (Å²) in [6.45, 7) is 1.46. The van der Waals surface area contributed by atoms with Crippen LogP contribution in [0.5, 0.6) is 0 Å². The molecule has 0 unspecified atom stereocenters. The van der Waals surface area contributed by atoms with E-state index >= 15 is 0 Å². The number of hydrogen-bond donors (Lipinski definition) is 0. The molecule has 0 N–H and O–H groups in total. The average Bonchev–Trinajstić information content (AvgIpc) is 2.38. The Balaban J connectivity index is 2.40. The third-order valence-corrected chi connectivity index (χ3v) is 3.25. The lowest BCUT2D eigenvalue weighted by molar-refractivity contribution is 0.101. The maximum absolute atomic E-state index is 13.7. The molecule has 0 heterocycles. The summed E-state index contributed by atoms with van der Waals surface area (Å²) in [4.78, 5) is 13.0. The van der Waals surface area contributed by atoms with Gasteiger partial charge in [0.1, 0.15) is 5.82 Å². The molecule has 4 heteroatoms. The highest BCUT2D eigenvalue weighted by Gasteiger charge is 2.12. The highest BCUT2D eigenvalue weighted by atomic mass is 35.5. The van der Waals surface area contributed by atoms with Gasteiger partial charge in [-0.15, -0.1) is 0 Å². The molecule has 0 atom stereocenters. The van der Waals surface area contributed by atoms with Crippen molar-refractivity contribution in [3.05, 3.63) is 58.9 Å². The molecule has 0 fully saturated rings. The van der Waals surface area contributed by atoms with Crippen LogP contribution in [0.25, 0.3) is 0 Å². The van der Waals surface area contributed by atoms with Crippen molar-refractivity contribution in [1.29, 1.82) is 0 Å². The van der Waals surface area contributed by atoms with E-state index in [1.54, 1.807) is 48.3 Å². The zero-order valence-corrected chi connectivity index (χ0v) is 11.4. The molecular formula is C15H13ClFNO. The van der Waals surface area contributed by atoms with Crippen LogP contribution in [-0.4, -0.2) is 12.8 Å². The fraction of sp³-hybridized carbons (Fsp3) is 0.133. The number of para-hydroxylation sites is 1. The van der Waals surface area contributed by atoms with Crippen molar-refractivity contribution in [3.63, 3.8) is 0 Å². The molecule has 2 rings (SSSR count). The molecule has 0 aromatic heterocycles. The molecular weight excluding hydrogens is 265 g/mol. The van der Waals surface area contributed by atoms with Crippen molar-refractivity contribution in [2.45, 2.75) is 6.92 Å². The van der Waals surface area contributed by atoms with Gasteiger partial charge < -0.3 is 4.90 Å². The van der Waals surface area contributed by atoms with Crippen LogP contribution < -0.4 is 4.90 Å². The number of rotatable bonds is 3. The Morgan fingerprint density at radius 2 is 1.89 bits per heavy atom. The maximum atomic E-state index is 13.7. The third-order valence-electron chi connectivity index (χ3n) is 2.93. The number of hydrogen-bond acceptors (Lipinski definition) is 2. The minimum absolute atomic E-state index is 0.0925. The summed E-state index contributed by atoms with van der Waals surface area (Å²) in [6, 6.07) is 11.5. The maximum Gasteiger partial charge on any atom is 0.161 e. The first-order valence-electron chi connectivity index (χ1n) is 5.79. The topological polar surface area (TPSA) is 20.3 Å². The van der Waals surface area contributed by atoms with Gasteiger partial charge in [0.25, 0.3) is 0 Å². The standard InChI is InChI=1S/C15H13ClFNO/c1-10(19)12-8-7-11(9-13(12)16)18(2)15-6-4-3-5-14(15)17/h3-9H,1-2H3. The van der Waals surface area contributed by atoms with Crippen molar-refractivity contribution in [2.75, 3.05) is 11.9 Å². The first-order valence-corrected chi connectivity index (χ1v) is 6.17. The second kappa shape index (κ2) is 5.41. The Bertz CT molecular complexity index is 627. The van der Waals surface area contributed by atoms with E-state index < -0.39 is 0 Å². The van der Waals surface area contributed by atoms with E-state index in [9.17, 15) is 9.18 Å². The molecule has 0 saturated carbocycles. The molecule has 2 aromatic carbocycles. The summed E-state index contributed by atoms with van der Waals surface area (Å²) < 4.78 is 13.7. The van der Waals surface area contributed by atoms with Gasteiger partial charge in [0, 0.05) is 18.3 Å². The first kappa shape index (κ1) is 13.6. The molecule has 0 saturated heterocycles. The van der Waals surface area contributed by atoms with E-state index in [-0.39, 0.29) is 11.6 Å². The Morgan fingerprint density at radius 3 is 2.47 bits per heavy atom. The smallest absolute Gasteiger partial charge is 0.161 e. The molecule has 2 aromatic rings. The molecule has 0 radical (unpaired) electrons. The average molecular weight is 278 g/mol. The zero-order chi connectivity index (χ0) is 14.0. The number of nitrogens with zero attached hydrogens (tertiary/aromatic N) is 1. The lowest BCUT2D eigenvalue weighted by Gasteiger charge is -2.20. The molecule has 0 amide bonds. The monoisotopic (exact) mass is 277 g/mol. The quantitative estimate of drug-likeness (QED) is 0.773. The van der Waals surface area contributed by atoms with E-state index in [1.807, 2.05) is 0 Å². The van der Waals surface area contributed by atoms with Gasteiger partial charge in [0.05, 0.1) is 10.7 Å². The largest absolute Gasteiger partial charge is 0.342 e. The number of ketones is 1. The van der Waals surface area contributed by atoms with Crippen molar-refractivity contribution in [2.24, 2.45) is 0 Å². The Hall–Kier alpha value is -1.87. The second-order valence-electron chi connectivity index (χ2n) is 4.23. The van der Waals surface area contributed by atoms with Crippen LogP contribution in [0.2, 0.25) is 5.02 Å². The van der Waals surface area contributed by atoms with Crippen molar-refractivity contribution < 1.29 is 9.18 Å². The number of Topliss-reactive ketones (excluding diaryl/α,β-unsaturated/α-hetero) is 1. The van der Waals surface area contributed by atoms with Crippen molar-refractivity contribution in [1.82, 2.24) is 0 Å². The van der Waals surface area contributed by atoms with Gasteiger partial charge in [-0.2, -0.15) is 0 Å².